The number of nitrogens with one attached hydrogen (secondary N) is 1. The number of rotatable bonds is 8. The van der Waals surface area contributed by atoms with Gasteiger partial charge in [0.2, 0.25) is 5.91 Å². The van der Waals surface area contributed by atoms with Crippen LogP contribution >= 0.6 is 34.8 Å². The van der Waals surface area contributed by atoms with E-state index in [4.69, 9.17) is 39.5 Å². The van der Waals surface area contributed by atoms with Gasteiger partial charge in [0.15, 0.2) is 6.61 Å². The van der Waals surface area contributed by atoms with Crippen molar-refractivity contribution in [3.63, 3.8) is 0 Å². The second kappa shape index (κ2) is 11.1. The highest BCUT2D eigenvalue weighted by molar-refractivity contribution is 6.42. The second-order valence-electron chi connectivity index (χ2n) is 7.68. The molecule has 0 heterocycles. The van der Waals surface area contributed by atoms with Crippen molar-refractivity contribution >= 4 is 46.6 Å². The number of carbonyl (C=O) groups excluding carboxylic acids is 2. The van der Waals surface area contributed by atoms with Crippen LogP contribution < -0.4 is 10.1 Å². The topological polar surface area (TPSA) is 58.6 Å². The van der Waals surface area contributed by atoms with Gasteiger partial charge in [0.1, 0.15) is 11.8 Å². The molecule has 3 rings (SSSR count). The molecule has 5 nitrogen and oxygen atoms in total. The molecular weight excluding hydrogens is 459 g/mol. The summed E-state index contributed by atoms with van der Waals surface area (Å²) in [6.07, 6.45) is 4.16. The van der Waals surface area contributed by atoms with E-state index < -0.39 is 6.04 Å². The van der Waals surface area contributed by atoms with Crippen molar-refractivity contribution in [2.24, 2.45) is 0 Å². The van der Waals surface area contributed by atoms with Gasteiger partial charge in [-0.25, -0.2) is 0 Å². The third-order valence-corrected chi connectivity index (χ3v) is 6.34. The number of nitrogens with zero attached hydrogens (tertiary/aromatic N) is 1. The first-order valence-electron chi connectivity index (χ1n) is 10.3. The lowest BCUT2D eigenvalue weighted by Crippen LogP contribution is -2.50. The van der Waals surface area contributed by atoms with E-state index in [1.54, 1.807) is 49.4 Å². The van der Waals surface area contributed by atoms with Crippen LogP contribution in [0.2, 0.25) is 15.1 Å². The van der Waals surface area contributed by atoms with Crippen molar-refractivity contribution in [1.82, 2.24) is 10.2 Å². The zero-order valence-electron chi connectivity index (χ0n) is 17.2. The molecule has 2 aromatic rings. The number of amides is 2. The molecule has 1 aliphatic rings. The molecule has 0 radical (unpaired) electrons. The number of benzene rings is 2. The zero-order chi connectivity index (χ0) is 22.4. The van der Waals surface area contributed by atoms with Gasteiger partial charge in [-0.1, -0.05) is 59.8 Å². The predicted octanol–water partition coefficient (Wildman–Crippen LogP) is 5.50. The van der Waals surface area contributed by atoms with Gasteiger partial charge in [0.05, 0.1) is 10.0 Å². The predicted molar refractivity (Wildman–Crippen MR) is 124 cm³/mol. The van der Waals surface area contributed by atoms with E-state index in [0.29, 0.717) is 20.8 Å². The lowest BCUT2D eigenvalue weighted by Gasteiger charge is -2.29. The molecule has 1 fully saturated rings. The summed E-state index contributed by atoms with van der Waals surface area (Å²) in [5.74, 6) is -0.0124. The van der Waals surface area contributed by atoms with Crippen LogP contribution in [0.5, 0.6) is 5.75 Å². The average molecular weight is 484 g/mol. The minimum atomic E-state index is -0.675. The van der Waals surface area contributed by atoms with Gasteiger partial charge in [-0.2, -0.15) is 0 Å². The SMILES string of the molecule is CC(C(=O)NC1CCCC1)N(Cc1ccc(Cl)c(Cl)c1)C(=O)COc1cccc(Cl)c1. The van der Waals surface area contributed by atoms with Crippen molar-refractivity contribution in [2.75, 3.05) is 6.61 Å². The number of hydrogen-bond acceptors (Lipinski definition) is 3. The molecule has 2 amide bonds. The van der Waals surface area contributed by atoms with Gasteiger partial charge >= 0.3 is 0 Å². The van der Waals surface area contributed by atoms with Crippen molar-refractivity contribution in [1.29, 1.82) is 0 Å². The molecule has 1 atom stereocenters. The Labute approximate surface area is 197 Å². The zero-order valence-corrected chi connectivity index (χ0v) is 19.5. The van der Waals surface area contributed by atoms with E-state index in [-0.39, 0.29) is 31.0 Å². The molecule has 1 aliphatic carbocycles. The number of carbonyl (C=O) groups is 2. The number of ether oxygens (including phenoxy) is 1. The Morgan fingerprint density at radius 1 is 1.10 bits per heavy atom. The lowest BCUT2D eigenvalue weighted by atomic mass is 10.1. The fourth-order valence-electron chi connectivity index (χ4n) is 3.59. The Hall–Kier alpha value is -1.95. The van der Waals surface area contributed by atoms with Crippen LogP contribution in [-0.4, -0.2) is 35.4 Å². The fourth-order valence-corrected chi connectivity index (χ4v) is 4.09. The standard InChI is InChI=1S/C23H25Cl3N2O3/c1-15(23(30)27-18-6-2-3-7-18)28(13-16-9-10-20(25)21(26)11-16)22(29)14-31-19-8-4-5-17(24)12-19/h4-5,8-12,15,18H,2-3,6-7,13-14H2,1H3,(H,27,30). The van der Waals surface area contributed by atoms with Crippen molar-refractivity contribution in [3.8, 4) is 5.75 Å². The molecule has 0 spiro atoms. The quantitative estimate of drug-likeness (QED) is 0.539. The molecule has 2 aromatic carbocycles. The second-order valence-corrected chi connectivity index (χ2v) is 8.93. The van der Waals surface area contributed by atoms with E-state index in [1.807, 2.05) is 0 Å². The van der Waals surface area contributed by atoms with E-state index in [1.165, 1.54) is 4.90 Å². The van der Waals surface area contributed by atoms with Crippen LogP contribution in [-0.2, 0) is 16.1 Å². The number of halogens is 3. The van der Waals surface area contributed by atoms with E-state index in [9.17, 15) is 9.59 Å². The molecule has 0 bridgehead atoms. The Kier molecular flexibility index (Phi) is 8.47. The highest BCUT2D eigenvalue weighted by Gasteiger charge is 2.28. The summed E-state index contributed by atoms with van der Waals surface area (Å²) in [6, 6.07) is 11.5. The summed E-state index contributed by atoms with van der Waals surface area (Å²) in [5, 5.41) is 4.40. The average Bonchev–Trinajstić information content (AvgIpc) is 3.25. The molecule has 1 unspecified atom stereocenters. The van der Waals surface area contributed by atoms with E-state index >= 15 is 0 Å². The van der Waals surface area contributed by atoms with Gasteiger partial charge < -0.3 is 15.0 Å². The summed E-state index contributed by atoms with van der Waals surface area (Å²) in [5.41, 5.74) is 0.769. The van der Waals surface area contributed by atoms with Gasteiger partial charge in [-0.3, -0.25) is 9.59 Å². The summed E-state index contributed by atoms with van der Waals surface area (Å²) in [6.45, 7) is 1.70. The van der Waals surface area contributed by atoms with Crippen molar-refractivity contribution in [2.45, 2.75) is 51.2 Å². The first-order chi connectivity index (χ1) is 14.8. The summed E-state index contributed by atoms with van der Waals surface area (Å²) < 4.78 is 5.62. The minimum Gasteiger partial charge on any atom is -0.484 e. The molecule has 1 N–H and O–H groups in total. The maximum absolute atomic E-state index is 13.1. The summed E-state index contributed by atoms with van der Waals surface area (Å²) in [4.78, 5) is 27.4. The molecule has 166 valence electrons. The first kappa shape index (κ1) is 23.7. The third-order valence-electron chi connectivity index (χ3n) is 5.36. The van der Waals surface area contributed by atoms with E-state index in [2.05, 4.69) is 5.32 Å². The molecule has 0 aromatic heterocycles. The van der Waals surface area contributed by atoms with Crippen LogP contribution in [0.4, 0.5) is 0 Å². The van der Waals surface area contributed by atoms with Crippen molar-refractivity contribution in [3.05, 3.63) is 63.1 Å². The molecule has 1 saturated carbocycles. The third kappa shape index (κ3) is 6.76. The summed E-state index contributed by atoms with van der Waals surface area (Å²) in [7, 11) is 0. The maximum Gasteiger partial charge on any atom is 0.261 e. The van der Waals surface area contributed by atoms with Crippen LogP contribution in [0.1, 0.15) is 38.2 Å². The minimum absolute atomic E-state index is 0.166. The van der Waals surface area contributed by atoms with Crippen molar-refractivity contribution < 1.29 is 14.3 Å². The van der Waals surface area contributed by atoms with Gasteiger partial charge in [0.25, 0.3) is 5.91 Å². The van der Waals surface area contributed by atoms with Crippen LogP contribution in [0, 0.1) is 0 Å². The van der Waals surface area contributed by atoms with Gasteiger partial charge in [-0.15, -0.1) is 0 Å². The number of hydrogen-bond donors (Lipinski definition) is 1. The fraction of sp³-hybridized carbons (Fsp3) is 0.391. The monoisotopic (exact) mass is 482 g/mol. The smallest absolute Gasteiger partial charge is 0.261 e. The highest BCUT2D eigenvalue weighted by Crippen LogP contribution is 2.24. The lowest BCUT2D eigenvalue weighted by molar-refractivity contribution is -0.142. The van der Waals surface area contributed by atoms with Gasteiger partial charge in [0, 0.05) is 17.6 Å². The molecular formula is C23H25Cl3N2O3. The normalized spacial score (nSPS) is 14.8. The summed E-state index contributed by atoms with van der Waals surface area (Å²) >= 11 is 18.1. The highest BCUT2D eigenvalue weighted by atomic mass is 35.5. The van der Waals surface area contributed by atoms with Crippen LogP contribution in [0.3, 0.4) is 0 Å². The maximum atomic E-state index is 13.1. The van der Waals surface area contributed by atoms with Gasteiger partial charge in [-0.05, 0) is 55.7 Å². The first-order valence-corrected chi connectivity index (χ1v) is 11.4. The molecule has 8 heteroatoms. The van der Waals surface area contributed by atoms with Crippen LogP contribution in [0.15, 0.2) is 42.5 Å². The molecule has 31 heavy (non-hydrogen) atoms. The Morgan fingerprint density at radius 2 is 1.84 bits per heavy atom. The Bertz CT molecular complexity index is 932. The Balaban J connectivity index is 1.73. The Morgan fingerprint density at radius 3 is 2.52 bits per heavy atom. The van der Waals surface area contributed by atoms with Crippen LogP contribution in [0.25, 0.3) is 0 Å². The largest absolute Gasteiger partial charge is 0.484 e. The molecule has 0 aliphatic heterocycles. The van der Waals surface area contributed by atoms with E-state index in [0.717, 1.165) is 31.2 Å². The molecule has 0 saturated heterocycles.